The van der Waals surface area contributed by atoms with Crippen molar-refractivity contribution < 1.29 is 9.59 Å². The third-order valence-corrected chi connectivity index (χ3v) is 6.08. The molecule has 1 unspecified atom stereocenters. The molecule has 1 atom stereocenters. The van der Waals surface area contributed by atoms with Crippen LogP contribution in [0.3, 0.4) is 0 Å². The summed E-state index contributed by atoms with van der Waals surface area (Å²) in [6, 6.07) is 9.21. The van der Waals surface area contributed by atoms with Gasteiger partial charge in [0.05, 0.1) is 6.42 Å². The highest BCUT2D eigenvalue weighted by Crippen LogP contribution is 2.28. The molecule has 0 radical (unpaired) electrons. The summed E-state index contributed by atoms with van der Waals surface area (Å²) in [6.45, 7) is 4.88. The molecule has 6 nitrogen and oxygen atoms in total. The summed E-state index contributed by atoms with van der Waals surface area (Å²) in [6.07, 6.45) is 3.85. The van der Waals surface area contributed by atoms with Gasteiger partial charge in [0.15, 0.2) is 0 Å². The maximum atomic E-state index is 12.7. The fourth-order valence-corrected chi connectivity index (χ4v) is 4.50. The van der Waals surface area contributed by atoms with Crippen molar-refractivity contribution in [2.75, 3.05) is 11.9 Å². The predicted molar refractivity (Wildman–Crippen MR) is 107 cm³/mol. The second-order valence-corrected chi connectivity index (χ2v) is 7.86. The van der Waals surface area contributed by atoms with Crippen molar-refractivity contribution in [1.29, 1.82) is 0 Å². The number of hydrogen-bond donors (Lipinski definition) is 1. The fraction of sp³-hybridized carbons (Fsp3) is 0.500. The molecule has 1 N–H and O–H groups in total. The number of hydrogen-bond acceptors (Lipinski definition) is 5. The molecule has 2 aromatic rings. The predicted octanol–water partition coefficient (Wildman–Crippen LogP) is 3.61. The van der Waals surface area contributed by atoms with Gasteiger partial charge in [-0.25, -0.2) is 0 Å². The quantitative estimate of drug-likeness (QED) is 0.789. The van der Waals surface area contributed by atoms with Crippen molar-refractivity contribution in [3.8, 4) is 0 Å². The van der Waals surface area contributed by atoms with Crippen LogP contribution in [-0.2, 0) is 16.0 Å². The number of likely N-dealkylation sites (tertiary alicyclic amines) is 1. The standard InChI is InChI=1S/C20H26N4O2S/c1-3-15(4-2)19-22-23-20(27-19)21-18(26)16-11-8-12-24(16)17(25)13-14-9-6-5-7-10-14/h5-7,9-10,15-16H,3-4,8,11-13H2,1-2H3,(H,21,23,26). The molecule has 0 spiro atoms. The molecule has 27 heavy (non-hydrogen) atoms. The molecular formula is C20H26N4O2S. The van der Waals surface area contributed by atoms with Crippen LogP contribution in [0.4, 0.5) is 5.13 Å². The van der Waals surface area contributed by atoms with Crippen molar-refractivity contribution in [2.24, 2.45) is 0 Å². The van der Waals surface area contributed by atoms with Crippen LogP contribution in [0.1, 0.15) is 56.0 Å². The molecule has 2 heterocycles. The Balaban J connectivity index is 1.62. The Kier molecular flexibility index (Phi) is 6.55. The van der Waals surface area contributed by atoms with Crippen LogP contribution < -0.4 is 5.32 Å². The Hall–Kier alpha value is -2.28. The first-order chi connectivity index (χ1) is 13.1. The zero-order valence-corrected chi connectivity index (χ0v) is 16.7. The number of nitrogens with zero attached hydrogens (tertiary/aromatic N) is 3. The topological polar surface area (TPSA) is 75.2 Å². The first kappa shape index (κ1) is 19.5. The normalized spacial score (nSPS) is 16.7. The van der Waals surface area contributed by atoms with E-state index in [0.717, 1.165) is 29.8 Å². The second-order valence-electron chi connectivity index (χ2n) is 6.86. The molecule has 0 bridgehead atoms. The van der Waals surface area contributed by atoms with Gasteiger partial charge < -0.3 is 4.90 Å². The lowest BCUT2D eigenvalue weighted by Crippen LogP contribution is -2.43. The van der Waals surface area contributed by atoms with Crippen LogP contribution in [-0.4, -0.2) is 39.5 Å². The van der Waals surface area contributed by atoms with Crippen molar-refractivity contribution in [3.63, 3.8) is 0 Å². The molecule has 0 aliphatic carbocycles. The summed E-state index contributed by atoms with van der Waals surface area (Å²) < 4.78 is 0. The first-order valence-electron chi connectivity index (χ1n) is 9.60. The molecule has 1 aliphatic heterocycles. The number of carbonyl (C=O) groups is 2. The highest BCUT2D eigenvalue weighted by Gasteiger charge is 2.34. The molecule has 1 aromatic heterocycles. The van der Waals surface area contributed by atoms with Gasteiger partial charge >= 0.3 is 0 Å². The Bertz CT molecular complexity index is 773. The van der Waals surface area contributed by atoms with Gasteiger partial charge in [0.25, 0.3) is 0 Å². The molecule has 7 heteroatoms. The Morgan fingerprint density at radius 2 is 1.96 bits per heavy atom. The van der Waals surface area contributed by atoms with Gasteiger partial charge in [0.1, 0.15) is 11.0 Å². The maximum Gasteiger partial charge on any atom is 0.249 e. The Morgan fingerprint density at radius 1 is 1.22 bits per heavy atom. The molecule has 1 fully saturated rings. The van der Waals surface area contributed by atoms with Crippen LogP contribution in [0.5, 0.6) is 0 Å². The summed E-state index contributed by atoms with van der Waals surface area (Å²) in [7, 11) is 0. The summed E-state index contributed by atoms with van der Waals surface area (Å²) in [4.78, 5) is 27.1. The number of carbonyl (C=O) groups excluding carboxylic acids is 2. The highest BCUT2D eigenvalue weighted by molar-refractivity contribution is 7.15. The average Bonchev–Trinajstić information content (AvgIpc) is 3.33. The molecule has 3 rings (SSSR count). The SMILES string of the molecule is CCC(CC)c1nnc(NC(=O)C2CCCN2C(=O)Cc2ccccc2)s1. The molecule has 2 amide bonds. The van der Waals surface area contributed by atoms with Crippen molar-refractivity contribution >= 4 is 28.3 Å². The van der Waals surface area contributed by atoms with Gasteiger partial charge in [-0.3, -0.25) is 14.9 Å². The first-order valence-corrected chi connectivity index (χ1v) is 10.4. The Labute approximate surface area is 164 Å². The lowest BCUT2D eigenvalue weighted by Gasteiger charge is -2.23. The third kappa shape index (κ3) is 4.71. The zero-order valence-electron chi connectivity index (χ0n) is 15.9. The number of anilines is 1. The molecular weight excluding hydrogens is 360 g/mol. The van der Waals surface area contributed by atoms with Crippen molar-refractivity contribution in [3.05, 3.63) is 40.9 Å². The number of nitrogens with one attached hydrogen (secondary N) is 1. The van der Waals surface area contributed by atoms with Crippen LogP contribution in [0, 0.1) is 0 Å². The van der Waals surface area contributed by atoms with Crippen LogP contribution in [0.2, 0.25) is 0 Å². The van der Waals surface area contributed by atoms with E-state index in [-0.39, 0.29) is 11.8 Å². The van der Waals surface area contributed by atoms with Crippen LogP contribution in [0.15, 0.2) is 30.3 Å². The smallest absolute Gasteiger partial charge is 0.249 e. The molecule has 0 saturated carbocycles. The van der Waals surface area contributed by atoms with E-state index in [1.807, 2.05) is 30.3 Å². The molecule has 144 valence electrons. The Morgan fingerprint density at radius 3 is 2.67 bits per heavy atom. The number of rotatable bonds is 7. The van der Waals surface area contributed by atoms with Crippen LogP contribution >= 0.6 is 11.3 Å². The van der Waals surface area contributed by atoms with Crippen molar-refractivity contribution in [2.45, 2.75) is 57.9 Å². The minimum Gasteiger partial charge on any atom is -0.330 e. The second kappa shape index (κ2) is 9.08. The number of benzene rings is 1. The van der Waals surface area contributed by atoms with Gasteiger partial charge in [-0.05, 0) is 31.2 Å². The van der Waals surface area contributed by atoms with Gasteiger partial charge in [-0.15, -0.1) is 10.2 Å². The minimum absolute atomic E-state index is 0.00571. The van der Waals surface area contributed by atoms with E-state index >= 15 is 0 Å². The summed E-state index contributed by atoms with van der Waals surface area (Å²) >= 11 is 1.43. The van der Waals surface area contributed by atoms with Crippen molar-refractivity contribution in [1.82, 2.24) is 15.1 Å². The van der Waals surface area contributed by atoms with Gasteiger partial charge in [0.2, 0.25) is 16.9 Å². The van der Waals surface area contributed by atoms with E-state index in [9.17, 15) is 9.59 Å². The summed E-state index contributed by atoms with van der Waals surface area (Å²) in [5.41, 5.74) is 0.965. The fourth-order valence-electron chi connectivity index (χ4n) is 3.49. The lowest BCUT2D eigenvalue weighted by molar-refractivity contribution is -0.136. The van der Waals surface area contributed by atoms with E-state index < -0.39 is 6.04 Å². The van der Waals surface area contributed by atoms with E-state index in [0.29, 0.717) is 30.4 Å². The van der Waals surface area contributed by atoms with E-state index in [1.165, 1.54) is 11.3 Å². The van der Waals surface area contributed by atoms with Gasteiger partial charge in [-0.1, -0.05) is 55.5 Å². The average molecular weight is 387 g/mol. The van der Waals surface area contributed by atoms with Crippen LogP contribution in [0.25, 0.3) is 0 Å². The number of aromatic nitrogens is 2. The molecule has 1 aliphatic rings. The summed E-state index contributed by atoms with van der Waals surface area (Å²) in [5.74, 6) is 0.207. The third-order valence-electron chi connectivity index (χ3n) is 5.08. The minimum atomic E-state index is -0.429. The molecule has 1 saturated heterocycles. The number of amides is 2. The van der Waals surface area contributed by atoms with E-state index in [2.05, 4.69) is 29.4 Å². The van der Waals surface area contributed by atoms with Gasteiger partial charge in [-0.2, -0.15) is 0 Å². The van der Waals surface area contributed by atoms with E-state index in [4.69, 9.17) is 0 Å². The largest absolute Gasteiger partial charge is 0.330 e. The molecule has 1 aromatic carbocycles. The monoisotopic (exact) mass is 386 g/mol. The lowest BCUT2D eigenvalue weighted by atomic mass is 10.1. The van der Waals surface area contributed by atoms with E-state index in [1.54, 1.807) is 4.90 Å². The summed E-state index contributed by atoms with van der Waals surface area (Å²) in [5, 5.41) is 12.7. The maximum absolute atomic E-state index is 12.7. The van der Waals surface area contributed by atoms with Gasteiger partial charge in [0, 0.05) is 12.5 Å². The zero-order chi connectivity index (χ0) is 19.2. The highest BCUT2D eigenvalue weighted by atomic mass is 32.1.